The Labute approximate surface area is 110 Å². The monoisotopic (exact) mass is 243 g/mol. The van der Waals surface area contributed by atoms with Gasteiger partial charge in [-0.05, 0) is 48.8 Å². The molecule has 96 valence electrons. The van der Waals surface area contributed by atoms with Gasteiger partial charge in [0.05, 0.1) is 0 Å². The molecule has 3 atom stereocenters. The van der Waals surface area contributed by atoms with Crippen LogP contribution in [0.4, 0.5) is 0 Å². The fraction of sp³-hybridized carbons (Fsp3) is 0.625. The van der Waals surface area contributed by atoms with Crippen LogP contribution in [0.5, 0.6) is 5.75 Å². The largest absolute Gasteiger partial charge is 0.501 e. The van der Waals surface area contributed by atoms with Crippen molar-refractivity contribution in [1.82, 2.24) is 4.90 Å². The topological polar surface area (TPSA) is 23.5 Å². The Balaban J connectivity index is 1.51. The van der Waals surface area contributed by atoms with E-state index in [0.29, 0.717) is 0 Å². The first-order valence-electron chi connectivity index (χ1n) is 7.06. The molecule has 1 heterocycles. The second-order valence-corrected chi connectivity index (χ2v) is 5.98. The van der Waals surface area contributed by atoms with Gasteiger partial charge >= 0.3 is 0 Å². The van der Waals surface area contributed by atoms with Gasteiger partial charge in [0.15, 0.2) is 5.75 Å². The van der Waals surface area contributed by atoms with E-state index in [0.717, 1.165) is 36.3 Å². The maximum Gasteiger partial charge on any atom is 0.167 e. The molecule has 2 heteroatoms. The highest BCUT2D eigenvalue weighted by molar-refractivity contribution is 5.19. The fourth-order valence-corrected chi connectivity index (χ4v) is 3.64. The lowest BCUT2D eigenvalue weighted by Gasteiger charge is -2.17. The number of fused-ring (bicyclic) bond motifs is 1. The van der Waals surface area contributed by atoms with E-state index >= 15 is 0 Å². The van der Waals surface area contributed by atoms with Crippen molar-refractivity contribution in [3.8, 4) is 5.75 Å². The Kier molecular flexibility index (Phi) is 3.18. The summed E-state index contributed by atoms with van der Waals surface area (Å²) in [5.74, 6) is 3.01. The van der Waals surface area contributed by atoms with Gasteiger partial charge in [0.1, 0.15) is 0 Å². The molecule has 1 aliphatic heterocycles. The van der Waals surface area contributed by atoms with Crippen LogP contribution in [0.2, 0.25) is 0 Å². The molecule has 0 bridgehead atoms. The number of hydrogen-bond acceptors (Lipinski definition) is 2. The summed E-state index contributed by atoms with van der Waals surface area (Å²) in [5.41, 5.74) is 1.15. The predicted octanol–water partition coefficient (Wildman–Crippen LogP) is 2.51. The third kappa shape index (κ3) is 2.33. The van der Waals surface area contributed by atoms with Crippen molar-refractivity contribution in [2.75, 3.05) is 19.6 Å². The Morgan fingerprint density at radius 1 is 1.28 bits per heavy atom. The number of likely N-dealkylation sites (tertiary alicyclic amines) is 1. The number of hydrogen-bond donors (Lipinski definition) is 1. The summed E-state index contributed by atoms with van der Waals surface area (Å²) in [6.45, 7) is 6.11. The molecule has 3 unspecified atom stereocenters. The highest BCUT2D eigenvalue weighted by Gasteiger charge is 2.39. The average Bonchev–Trinajstić information content (AvgIpc) is 2.91. The van der Waals surface area contributed by atoms with Crippen LogP contribution < -0.4 is 0 Å². The maximum atomic E-state index is 9.18. The first-order chi connectivity index (χ1) is 8.72. The van der Waals surface area contributed by atoms with Crippen LogP contribution >= 0.6 is 0 Å². The lowest BCUT2D eigenvalue weighted by molar-refractivity contribution is 0.299. The van der Waals surface area contributed by atoms with Crippen LogP contribution in [-0.2, 0) is 6.42 Å². The van der Waals surface area contributed by atoms with Crippen molar-refractivity contribution in [1.29, 1.82) is 0 Å². The Hall–Kier alpha value is -1.20. The van der Waals surface area contributed by atoms with Crippen LogP contribution in [0.15, 0.2) is 12.1 Å². The van der Waals surface area contributed by atoms with E-state index in [9.17, 15) is 5.11 Å². The normalized spacial score (nSPS) is 31.3. The SMILES string of the molecule is CC1CCC2CN(CCc3c#cc(O)cc3)CC12. The molecular weight excluding hydrogens is 222 g/mol. The van der Waals surface area contributed by atoms with E-state index in [-0.39, 0.29) is 5.75 Å². The standard InChI is InChI=1S/C16H21NO/c1-12-2-5-14-10-17(11-16(12)14)9-8-13-3-6-15(18)7-4-13/h3,6,12,14,16,18H,2,5,8-11H2,1H3. The molecule has 0 amide bonds. The highest BCUT2D eigenvalue weighted by atomic mass is 16.3. The lowest BCUT2D eigenvalue weighted by atomic mass is 9.94. The summed E-state index contributed by atoms with van der Waals surface area (Å²) in [6.07, 6.45) is 3.88. The van der Waals surface area contributed by atoms with E-state index in [2.05, 4.69) is 24.0 Å². The van der Waals surface area contributed by atoms with Gasteiger partial charge in [-0.2, -0.15) is 0 Å². The molecular formula is C16H21NO. The minimum absolute atomic E-state index is 0.184. The van der Waals surface area contributed by atoms with E-state index in [1.165, 1.54) is 25.9 Å². The Morgan fingerprint density at radius 3 is 2.89 bits per heavy atom. The van der Waals surface area contributed by atoms with Crippen LogP contribution in [0, 0.1) is 29.9 Å². The number of nitrogens with zero attached hydrogens (tertiary/aromatic N) is 1. The average molecular weight is 243 g/mol. The van der Waals surface area contributed by atoms with Gasteiger partial charge in [0.25, 0.3) is 0 Å². The van der Waals surface area contributed by atoms with Gasteiger partial charge < -0.3 is 10.0 Å². The van der Waals surface area contributed by atoms with E-state index in [1.807, 2.05) is 6.07 Å². The molecule has 1 aliphatic carbocycles. The van der Waals surface area contributed by atoms with Gasteiger partial charge in [0, 0.05) is 25.2 Å². The van der Waals surface area contributed by atoms with Gasteiger partial charge in [-0.25, -0.2) is 0 Å². The van der Waals surface area contributed by atoms with Crippen molar-refractivity contribution in [2.45, 2.75) is 26.2 Å². The van der Waals surface area contributed by atoms with E-state index in [4.69, 9.17) is 0 Å². The van der Waals surface area contributed by atoms with Gasteiger partial charge in [0.2, 0.25) is 0 Å². The molecule has 0 radical (unpaired) electrons. The molecule has 0 spiro atoms. The fourth-order valence-electron chi connectivity index (χ4n) is 3.64. The Bertz CT molecular complexity index is 400. The van der Waals surface area contributed by atoms with Gasteiger partial charge in [-0.15, -0.1) is 0 Å². The van der Waals surface area contributed by atoms with Gasteiger partial charge in [-0.1, -0.05) is 19.4 Å². The molecule has 1 aromatic rings. The summed E-state index contributed by atoms with van der Waals surface area (Å²) in [4.78, 5) is 2.60. The van der Waals surface area contributed by atoms with Crippen molar-refractivity contribution >= 4 is 0 Å². The smallest absolute Gasteiger partial charge is 0.167 e. The summed E-state index contributed by atoms with van der Waals surface area (Å²) < 4.78 is 0. The first kappa shape index (κ1) is 11.9. The van der Waals surface area contributed by atoms with Gasteiger partial charge in [-0.3, -0.25) is 0 Å². The van der Waals surface area contributed by atoms with Crippen LogP contribution in [0.3, 0.4) is 0 Å². The molecule has 2 fully saturated rings. The summed E-state index contributed by atoms with van der Waals surface area (Å²) in [7, 11) is 0. The zero-order valence-electron chi connectivity index (χ0n) is 11.0. The minimum atomic E-state index is 0.184. The minimum Gasteiger partial charge on any atom is -0.501 e. The summed E-state index contributed by atoms with van der Waals surface area (Å²) in [5, 5.41) is 9.18. The van der Waals surface area contributed by atoms with Crippen molar-refractivity contribution in [3.63, 3.8) is 0 Å². The molecule has 1 N–H and O–H groups in total. The van der Waals surface area contributed by atoms with Crippen molar-refractivity contribution in [2.24, 2.45) is 17.8 Å². The van der Waals surface area contributed by atoms with Crippen molar-refractivity contribution < 1.29 is 5.11 Å². The molecule has 2 aliphatic rings. The third-order valence-electron chi connectivity index (χ3n) is 4.78. The van der Waals surface area contributed by atoms with E-state index in [1.54, 1.807) is 6.07 Å². The van der Waals surface area contributed by atoms with E-state index < -0.39 is 0 Å². The molecule has 3 rings (SSSR count). The zero-order valence-corrected chi connectivity index (χ0v) is 11.0. The predicted molar refractivity (Wildman–Crippen MR) is 71.3 cm³/mol. The summed E-state index contributed by atoms with van der Waals surface area (Å²) in [6, 6.07) is 9.40. The second-order valence-electron chi connectivity index (χ2n) is 5.98. The lowest BCUT2D eigenvalue weighted by Crippen LogP contribution is -2.25. The van der Waals surface area contributed by atoms with Crippen LogP contribution in [0.1, 0.15) is 25.3 Å². The highest BCUT2D eigenvalue weighted by Crippen LogP contribution is 2.41. The quantitative estimate of drug-likeness (QED) is 0.881. The third-order valence-corrected chi connectivity index (χ3v) is 4.78. The number of aromatic hydroxyl groups is 1. The molecule has 1 aromatic carbocycles. The van der Waals surface area contributed by atoms with Crippen LogP contribution in [-0.4, -0.2) is 29.6 Å². The maximum absolute atomic E-state index is 9.18. The molecule has 2 nitrogen and oxygen atoms in total. The molecule has 1 saturated heterocycles. The molecule has 1 saturated carbocycles. The van der Waals surface area contributed by atoms with Crippen LogP contribution in [0.25, 0.3) is 0 Å². The molecule has 18 heavy (non-hydrogen) atoms. The Morgan fingerprint density at radius 2 is 2.17 bits per heavy atom. The number of rotatable bonds is 3. The van der Waals surface area contributed by atoms with Crippen molar-refractivity contribution in [3.05, 3.63) is 29.8 Å². The first-order valence-corrected chi connectivity index (χ1v) is 7.06. The molecule has 0 aromatic heterocycles. The second kappa shape index (κ2) is 4.82. The summed E-state index contributed by atoms with van der Waals surface area (Å²) >= 11 is 0. The zero-order chi connectivity index (χ0) is 12.5.